The van der Waals surface area contributed by atoms with Crippen molar-refractivity contribution >= 4 is 0 Å². The lowest BCUT2D eigenvalue weighted by molar-refractivity contribution is 0.0137. The summed E-state index contributed by atoms with van der Waals surface area (Å²) < 4.78 is 10.1. The maximum atomic E-state index is 9.65. The van der Waals surface area contributed by atoms with Crippen LogP contribution in [0.1, 0.15) is 11.1 Å². The third-order valence-electron chi connectivity index (χ3n) is 2.58. The minimum absolute atomic E-state index is 0.322. The van der Waals surface area contributed by atoms with Gasteiger partial charge in [-0.25, -0.2) is 0 Å². The van der Waals surface area contributed by atoms with Gasteiger partial charge >= 0.3 is 0 Å². The van der Waals surface area contributed by atoms with E-state index in [1.54, 1.807) is 13.3 Å². The first-order valence-corrected chi connectivity index (χ1v) is 6.09. The molecule has 1 heterocycles. The zero-order valence-electron chi connectivity index (χ0n) is 11.1. The summed E-state index contributed by atoms with van der Waals surface area (Å²) in [6, 6.07) is 1.97. The van der Waals surface area contributed by atoms with E-state index in [1.807, 2.05) is 19.2 Å². The number of aliphatic hydroxyl groups is 1. The molecule has 0 aliphatic carbocycles. The van der Waals surface area contributed by atoms with Crippen LogP contribution in [-0.4, -0.2) is 49.7 Å². The van der Waals surface area contributed by atoms with E-state index in [2.05, 4.69) is 10.3 Å². The number of pyridine rings is 1. The molecule has 1 atom stereocenters. The summed E-state index contributed by atoms with van der Waals surface area (Å²) in [5.41, 5.74) is 2.34. The molecule has 0 aromatic carbocycles. The summed E-state index contributed by atoms with van der Waals surface area (Å²) >= 11 is 0. The van der Waals surface area contributed by atoms with Crippen molar-refractivity contribution < 1.29 is 14.6 Å². The Hall–Kier alpha value is -1.01. The highest BCUT2D eigenvalue weighted by atomic mass is 16.5. The first kappa shape index (κ1) is 15.0. The van der Waals surface area contributed by atoms with E-state index in [1.165, 1.54) is 5.56 Å². The Labute approximate surface area is 108 Å². The normalized spacial score (nSPS) is 12.6. The highest BCUT2D eigenvalue weighted by Crippen LogP contribution is 2.03. The van der Waals surface area contributed by atoms with Gasteiger partial charge in [0.05, 0.1) is 25.9 Å². The molecule has 0 aliphatic rings. The number of aryl methyl sites for hydroxylation is 1. The molecule has 0 amide bonds. The molecular weight excluding hydrogens is 232 g/mol. The molecule has 0 aliphatic heterocycles. The van der Waals surface area contributed by atoms with Gasteiger partial charge in [-0.3, -0.25) is 4.98 Å². The first-order valence-electron chi connectivity index (χ1n) is 6.09. The fourth-order valence-electron chi connectivity index (χ4n) is 1.48. The number of nitrogens with one attached hydrogen (secondary N) is 1. The van der Waals surface area contributed by atoms with Crippen LogP contribution in [0, 0.1) is 6.92 Å². The SMILES string of the molecule is COCCOCC(O)CNCc1cnccc1C. The van der Waals surface area contributed by atoms with Crippen molar-refractivity contribution in [3.63, 3.8) is 0 Å². The van der Waals surface area contributed by atoms with Crippen molar-refractivity contribution in [2.24, 2.45) is 0 Å². The fraction of sp³-hybridized carbons (Fsp3) is 0.615. The van der Waals surface area contributed by atoms with Crippen LogP contribution in [0.5, 0.6) is 0 Å². The van der Waals surface area contributed by atoms with Gasteiger partial charge in [-0.2, -0.15) is 0 Å². The molecule has 2 N–H and O–H groups in total. The number of nitrogens with zero attached hydrogens (tertiary/aromatic N) is 1. The monoisotopic (exact) mass is 254 g/mol. The quantitative estimate of drug-likeness (QED) is 0.628. The molecule has 5 heteroatoms. The van der Waals surface area contributed by atoms with Crippen LogP contribution in [0.4, 0.5) is 0 Å². The van der Waals surface area contributed by atoms with Gasteiger partial charge in [-0.05, 0) is 24.1 Å². The highest BCUT2D eigenvalue weighted by Gasteiger charge is 2.04. The highest BCUT2D eigenvalue weighted by molar-refractivity contribution is 5.20. The molecule has 0 fully saturated rings. The summed E-state index contributed by atoms with van der Waals surface area (Å²) in [4.78, 5) is 4.07. The second-order valence-corrected chi connectivity index (χ2v) is 4.15. The largest absolute Gasteiger partial charge is 0.389 e. The van der Waals surface area contributed by atoms with Gasteiger partial charge in [0.2, 0.25) is 0 Å². The summed E-state index contributed by atoms with van der Waals surface area (Å²) in [6.45, 7) is 4.63. The zero-order chi connectivity index (χ0) is 13.2. The maximum Gasteiger partial charge on any atom is 0.0897 e. The van der Waals surface area contributed by atoms with E-state index in [9.17, 15) is 5.11 Å². The number of rotatable bonds is 9. The maximum absolute atomic E-state index is 9.65. The van der Waals surface area contributed by atoms with Gasteiger partial charge in [-0.15, -0.1) is 0 Å². The van der Waals surface area contributed by atoms with Crippen molar-refractivity contribution in [3.8, 4) is 0 Å². The number of ether oxygens (including phenoxy) is 2. The van der Waals surface area contributed by atoms with Crippen LogP contribution < -0.4 is 5.32 Å². The Kier molecular flexibility index (Phi) is 7.52. The molecule has 0 saturated heterocycles. The Balaban J connectivity index is 2.12. The predicted octanol–water partition coefficient (Wildman–Crippen LogP) is 0.504. The van der Waals surface area contributed by atoms with Gasteiger partial charge in [0.25, 0.3) is 0 Å². The van der Waals surface area contributed by atoms with Crippen LogP contribution in [0.25, 0.3) is 0 Å². The van der Waals surface area contributed by atoms with Crippen LogP contribution in [-0.2, 0) is 16.0 Å². The molecular formula is C13H22N2O3. The van der Waals surface area contributed by atoms with E-state index < -0.39 is 6.10 Å². The average molecular weight is 254 g/mol. The number of hydrogen-bond acceptors (Lipinski definition) is 5. The molecule has 0 saturated carbocycles. The molecule has 1 rings (SSSR count). The molecule has 0 bridgehead atoms. The molecule has 1 aromatic rings. The van der Waals surface area contributed by atoms with Gasteiger partial charge in [0.15, 0.2) is 0 Å². The third kappa shape index (κ3) is 6.07. The molecule has 0 spiro atoms. The first-order chi connectivity index (χ1) is 8.74. The molecule has 0 radical (unpaired) electrons. The minimum atomic E-state index is -0.501. The summed E-state index contributed by atoms with van der Waals surface area (Å²) in [6.07, 6.45) is 3.11. The minimum Gasteiger partial charge on any atom is -0.389 e. The summed E-state index contributed by atoms with van der Waals surface area (Å²) in [5.74, 6) is 0. The standard InChI is InChI=1S/C13H22N2O3/c1-11-3-4-14-7-12(11)8-15-9-13(16)10-18-6-5-17-2/h3-4,7,13,15-16H,5-6,8-10H2,1-2H3. The molecule has 18 heavy (non-hydrogen) atoms. The van der Waals surface area contributed by atoms with Gasteiger partial charge in [-0.1, -0.05) is 0 Å². The zero-order valence-corrected chi connectivity index (χ0v) is 11.1. The predicted molar refractivity (Wildman–Crippen MR) is 69.4 cm³/mol. The van der Waals surface area contributed by atoms with Crippen molar-refractivity contribution in [2.45, 2.75) is 19.6 Å². The van der Waals surface area contributed by atoms with Gasteiger partial charge < -0.3 is 19.9 Å². The van der Waals surface area contributed by atoms with E-state index in [0.29, 0.717) is 32.9 Å². The topological polar surface area (TPSA) is 63.6 Å². The van der Waals surface area contributed by atoms with Crippen LogP contribution >= 0.6 is 0 Å². The second kappa shape index (κ2) is 8.99. The average Bonchev–Trinajstić information content (AvgIpc) is 2.37. The van der Waals surface area contributed by atoms with E-state index >= 15 is 0 Å². The third-order valence-corrected chi connectivity index (χ3v) is 2.58. The van der Waals surface area contributed by atoms with Crippen LogP contribution in [0.15, 0.2) is 18.5 Å². The lowest BCUT2D eigenvalue weighted by atomic mass is 10.1. The van der Waals surface area contributed by atoms with E-state index in [0.717, 1.165) is 5.56 Å². The fourth-order valence-corrected chi connectivity index (χ4v) is 1.48. The molecule has 1 aromatic heterocycles. The smallest absolute Gasteiger partial charge is 0.0897 e. The number of aliphatic hydroxyl groups excluding tert-OH is 1. The lowest BCUT2D eigenvalue weighted by Crippen LogP contribution is -2.30. The Morgan fingerprint density at radius 1 is 1.44 bits per heavy atom. The number of aromatic nitrogens is 1. The van der Waals surface area contributed by atoms with Gasteiger partial charge in [0, 0.05) is 32.6 Å². The van der Waals surface area contributed by atoms with Crippen molar-refractivity contribution in [3.05, 3.63) is 29.6 Å². The van der Waals surface area contributed by atoms with Crippen molar-refractivity contribution in [2.75, 3.05) is 33.5 Å². The second-order valence-electron chi connectivity index (χ2n) is 4.15. The number of methoxy groups -OCH3 is 1. The summed E-state index contributed by atoms with van der Waals surface area (Å²) in [7, 11) is 1.62. The Morgan fingerprint density at radius 2 is 2.28 bits per heavy atom. The van der Waals surface area contributed by atoms with Crippen molar-refractivity contribution in [1.82, 2.24) is 10.3 Å². The van der Waals surface area contributed by atoms with Crippen molar-refractivity contribution in [1.29, 1.82) is 0 Å². The Morgan fingerprint density at radius 3 is 3.00 bits per heavy atom. The van der Waals surface area contributed by atoms with E-state index in [-0.39, 0.29) is 0 Å². The molecule has 5 nitrogen and oxygen atoms in total. The van der Waals surface area contributed by atoms with E-state index in [4.69, 9.17) is 9.47 Å². The Bertz CT molecular complexity index is 334. The van der Waals surface area contributed by atoms with Gasteiger partial charge in [0.1, 0.15) is 0 Å². The van der Waals surface area contributed by atoms with Crippen LogP contribution in [0.2, 0.25) is 0 Å². The number of hydrogen-bond donors (Lipinski definition) is 2. The summed E-state index contributed by atoms with van der Waals surface area (Å²) in [5, 5.41) is 12.8. The molecule has 102 valence electrons. The van der Waals surface area contributed by atoms with Crippen LogP contribution in [0.3, 0.4) is 0 Å². The molecule has 1 unspecified atom stereocenters. The lowest BCUT2D eigenvalue weighted by Gasteiger charge is -2.12.